The van der Waals surface area contributed by atoms with E-state index in [0.29, 0.717) is 5.75 Å². The molecule has 0 atom stereocenters. The Morgan fingerprint density at radius 1 is 1.53 bits per heavy atom. The first-order chi connectivity index (χ1) is 7.99. The van der Waals surface area contributed by atoms with E-state index in [9.17, 15) is 4.79 Å². The summed E-state index contributed by atoms with van der Waals surface area (Å²) in [5.41, 5.74) is 7.55. The molecule has 0 aliphatic heterocycles. The van der Waals surface area contributed by atoms with Crippen molar-refractivity contribution in [1.29, 1.82) is 0 Å². The molecule has 3 N–H and O–H groups in total. The molecule has 0 aliphatic carbocycles. The number of rotatable bonds is 5. The highest BCUT2D eigenvalue weighted by Crippen LogP contribution is 2.23. The number of nitrogens with two attached hydrogens (primary N) is 1. The SMILES string of the molecule is CC(C)NC(=O)CSCc1ccc(N)cc1Br. The van der Waals surface area contributed by atoms with Gasteiger partial charge in [-0.25, -0.2) is 0 Å². The third-order valence-electron chi connectivity index (χ3n) is 2.02. The fourth-order valence-corrected chi connectivity index (χ4v) is 2.86. The number of thioether (sulfide) groups is 1. The molecule has 1 aromatic carbocycles. The number of carbonyl (C=O) groups excluding carboxylic acids is 1. The fraction of sp³-hybridized carbons (Fsp3) is 0.417. The second kappa shape index (κ2) is 6.91. The third kappa shape index (κ3) is 5.46. The largest absolute Gasteiger partial charge is 0.399 e. The average Bonchev–Trinajstić information content (AvgIpc) is 2.20. The van der Waals surface area contributed by atoms with Crippen molar-refractivity contribution >= 4 is 39.3 Å². The van der Waals surface area contributed by atoms with Crippen LogP contribution in [0.25, 0.3) is 0 Å². The summed E-state index contributed by atoms with van der Waals surface area (Å²) in [7, 11) is 0. The minimum atomic E-state index is 0.0802. The highest BCUT2D eigenvalue weighted by atomic mass is 79.9. The zero-order valence-electron chi connectivity index (χ0n) is 10.00. The summed E-state index contributed by atoms with van der Waals surface area (Å²) in [6.45, 7) is 3.91. The summed E-state index contributed by atoms with van der Waals surface area (Å²) < 4.78 is 0.995. The summed E-state index contributed by atoms with van der Waals surface area (Å²) in [5.74, 6) is 1.36. The second-order valence-electron chi connectivity index (χ2n) is 4.07. The van der Waals surface area contributed by atoms with Crippen LogP contribution in [0.3, 0.4) is 0 Å². The molecule has 1 aromatic rings. The molecule has 1 amide bonds. The number of carbonyl (C=O) groups is 1. The first kappa shape index (κ1) is 14.4. The number of amides is 1. The lowest BCUT2D eigenvalue weighted by Gasteiger charge is -2.08. The number of nitrogen functional groups attached to an aromatic ring is 1. The molecular formula is C12H17BrN2OS. The first-order valence-electron chi connectivity index (χ1n) is 5.40. The second-order valence-corrected chi connectivity index (χ2v) is 5.91. The summed E-state index contributed by atoms with van der Waals surface area (Å²) in [6, 6.07) is 5.93. The van der Waals surface area contributed by atoms with Crippen LogP contribution in [-0.2, 0) is 10.5 Å². The Balaban J connectivity index is 2.38. The minimum Gasteiger partial charge on any atom is -0.399 e. The topological polar surface area (TPSA) is 55.1 Å². The van der Waals surface area contributed by atoms with Gasteiger partial charge in [-0.05, 0) is 31.5 Å². The van der Waals surface area contributed by atoms with Gasteiger partial charge in [0.05, 0.1) is 5.75 Å². The molecule has 0 saturated carbocycles. The average molecular weight is 317 g/mol. The molecule has 0 spiro atoms. The van der Waals surface area contributed by atoms with E-state index in [1.54, 1.807) is 11.8 Å². The van der Waals surface area contributed by atoms with Gasteiger partial charge in [-0.2, -0.15) is 0 Å². The van der Waals surface area contributed by atoms with Crippen LogP contribution in [0.1, 0.15) is 19.4 Å². The van der Waals surface area contributed by atoms with E-state index in [0.717, 1.165) is 21.5 Å². The number of halogens is 1. The Morgan fingerprint density at radius 3 is 2.82 bits per heavy atom. The zero-order chi connectivity index (χ0) is 12.8. The molecule has 0 heterocycles. The van der Waals surface area contributed by atoms with Gasteiger partial charge in [0.2, 0.25) is 5.91 Å². The number of hydrogen-bond donors (Lipinski definition) is 2. The lowest BCUT2D eigenvalue weighted by molar-refractivity contribution is -0.119. The molecular weight excluding hydrogens is 300 g/mol. The Bertz CT molecular complexity index is 396. The van der Waals surface area contributed by atoms with Crippen LogP contribution in [-0.4, -0.2) is 17.7 Å². The van der Waals surface area contributed by atoms with Crippen LogP contribution in [0, 0.1) is 0 Å². The van der Waals surface area contributed by atoms with E-state index in [1.807, 2.05) is 32.0 Å². The maximum absolute atomic E-state index is 11.4. The maximum Gasteiger partial charge on any atom is 0.230 e. The van der Waals surface area contributed by atoms with Gasteiger partial charge in [-0.3, -0.25) is 4.79 Å². The number of benzene rings is 1. The normalized spacial score (nSPS) is 10.6. The number of nitrogens with one attached hydrogen (secondary N) is 1. The smallest absolute Gasteiger partial charge is 0.230 e. The first-order valence-corrected chi connectivity index (χ1v) is 7.35. The predicted octanol–water partition coefficient (Wildman–Crippen LogP) is 2.79. The molecule has 0 radical (unpaired) electrons. The lowest BCUT2D eigenvalue weighted by Crippen LogP contribution is -2.31. The van der Waals surface area contributed by atoms with Crippen LogP contribution < -0.4 is 11.1 Å². The van der Waals surface area contributed by atoms with Gasteiger partial charge in [0, 0.05) is 22.0 Å². The molecule has 0 fully saturated rings. The minimum absolute atomic E-state index is 0.0802. The Labute approximate surface area is 115 Å². The Hall–Kier alpha value is -0.680. The summed E-state index contributed by atoms with van der Waals surface area (Å²) in [4.78, 5) is 11.4. The van der Waals surface area contributed by atoms with E-state index in [2.05, 4.69) is 21.2 Å². The molecule has 0 aliphatic rings. The Morgan fingerprint density at radius 2 is 2.24 bits per heavy atom. The quantitative estimate of drug-likeness (QED) is 0.821. The highest BCUT2D eigenvalue weighted by Gasteiger charge is 2.05. The fourth-order valence-electron chi connectivity index (χ4n) is 1.30. The molecule has 0 saturated heterocycles. The van der Waals surface area contributed by atoms with Crippen molar-refractivity contribution in [3.05, 3.63) is 28.2 Å². The van der Waals surface area contributed by atoms with Crippen molar-refractivity contribution in [3.8, 4) is 0 Å². The van der Waals surface area contributed by atoms with Crippen molar-refractivity contribution in [2.45, 2.75) is 25.6 Å². The van der Waals surface area contributed by atoms with Crippen LogP contribution >= 0.6 is 27.7 Å². The number of hydrogen-bond acceptors (Lipinski definition) is 3. The van der Waals surface area contributed by atoms with Crippen molar-refractivity contribution < 1.29 is 4.79 Å². The van der Waals surface area contributed by atoms with Crippen molar-refractivity contribution in [2.24, 2.45) is 0 Å². The third-order valence-corrected chi connectivity index (χ3v) is 3.74. The van der Waals surface area contributed by atoms with Gasteiger partial charge in [-0.15, -0.1) is 11.8 Å². The van der Waals surface area contributed by atoms with Crippen molar-refractivity contribution in [1.82, 2.24) is 5.32 Å². The van der Waals surface area contributed by atoms with Crippen molar-refractivity contribution in [2.75, 3.05) is 11.5 Å². The molecule has 17 heavy (non-hydrogen) atoms. The molecule has 1 rings (SSSR count). The number of anilines is 1. The lowest BCUT2D eigenvalue weighted by atomic mass is 10.2. The van der Waals surface area contributed by atoms with E-state index in [1.165, 1.54) is 0 Å². The highest BCUT2D eigenvalue weighted by molar-refractivity contribution is 9.10. The van der Waals surface area contributed by atoms with Crippen LogP contribution in [0.4, 0.5) is 5.69 Å². The van der Waals surface area contributed by atoms with Crippen LogP contribution in [0.2, 0.25) is 0 Å². The van der Waals surface area contributed by atoms with E-state index in [4.69, 9.17) is 5.73 Å². The van der Waals surface area contributed by atoms with Gasteiger partial charge in [0.1, 0.15) is 0 Å². The van der Waals surface area contributed by atoms with Gasteiger partial charge in [-0.1, -0.05) is 22.0 Å². The predicted molar refractivity (Wildman–Crippen MR) is 78.0 cm³/mol. The molecule has 0 unspecified atom stereocenters. The van der Waals surface area contributed by atoms with Gasteiger partial charge < -0.3 is 11.1 Å². The monoisotopic (exact) mass is 316 g/mol. The molecule has 3 nitrogen and oxygen atoms in total. The van der Waals surface area contributed by atoms with Crippen LogP contribution in [0.5, 0.6) is 0 Å². The van der Waals surface area contributed by atoms with Gasteiger partial charge >= 0.3 is 0 Å². The summed E-state index contributed by atoms with van der Waals surface area (Å²) >= 11 is 5.05. The van der Waals surface area contributed by atoms with E-state index >= 15 is 0 Å². The van der Waals surface area contributed by atoms with E-state index < -0.39 is 0 Å². The molecule has 0 aromatic heterocycles. The zero-order valence-corrected chi connectivity index (χ0v) is 12.4. The summed E-state index contributed by atoms with van der Waals surface area (Å²) in [5, 5.41) is 2.86. The molecule has 0 bridgehead atoms. The maximum atomic E-state index is 11.4. The van der Waals surface area contributed by atoms with Crippen LogP contribution in [0.15, 0.2) is 22.7 Å². The molecule has 5 heteroatoms. The standard InChI is InChI=1S/C12H17BrN2OS/c1-8(2)15-12(16)7-17-6-9-3-4-10(14)5-11(9)13/h3-5,8H,6-7,14H2,1-2H3,(H,15,16). The summed E-state index contributed by atoms with van der Waals surface area (Å²) in [6.07, 6.45) is 0. The van der Waals surface area contributed by atoms with Gasteiger partial charge in [0.25, 0.3) is 0 Å². The van der Waals surface area contributed by atoms with E-state index in [-0.39, 0.29) is 11.9 Å². The Kier molecular flexibility index (Phi) is 5.85. The molecule has 94 valence electrons. The van der Waals surface area contributed by atoms with Crippen molar-refractivity contribution in [3.63, 3.8) is 0 Å². The van der Waals surface area contributed by atoms with Gasteiger partial charge in [0.15, 0.2) is 0 Å².